The van der Waals surface area contributed by atoms with Crippen molar-refractivity contribution in [3.05, 3.63) is 23.8 Å². The summed E-state index contributed by atoms with van der Waals surface area (Å²) in [6, 6.07) is 5.75. The van der Waals surface area contributed by atoms with Gasteiger partial charge in [0, 0.05) is 6.04 Å². The summed E-state index contributed by atoms with van der Waals surface area (Å²) in [6.45, 7) is 4.30. The molecule has 4 nitrogen and oxygen atoms in total. The van der Waals surface area contributed by atoms with Crippen LogP contribution in [-0.4, -0.2) is 23.6 Å². The maximum absolute atomic E-state index is 11.8. The van der Waals surface area contributed by atoms with Crippen molar-refractivity contribution in [2.45, 2.75) is 26.5 Å². The molecule has 0 fully saturated rings. The van der Waals surface area contributed by atoms with Gasteiger partial charge in [-0.3, -0.25) is 4.79 Å². The van der Waals surface area contributed by atoms with Crippen LogP contribution in [0, 0.1) is 0 Å². The van der Waals surface area contributed by atoms with Gasteiger partial charge in [0.15, 0.2) is 0 Å². The fourth-order valence-electron chi connectivity index (χ4n) is 1.98. The Morgan fingerprint density at radius 1 is 1.50 bits per heavy atom. The number of fused-ring (bicyclic) bond motifs is 1. The van der Waals surface area contributed by atoms with Gasteiger partial charge in [-0.1, -0.05) is 6.07 Å². The van der Waals surface area contributed by atoms with Gasteiger partial charge in [0.1, 0.15) is 0 Å². The molecular formula is C12H16N2O2. The van der Waals surface area contributed by atoms with Gasteiger partial charge in [-0.15, -0.1) is 0 Å². The first-order valence-electron chi connectivity index (χ1n) is 5.43. The summed E-state index contributed by atoms with van der Waals surface area (Å²) >= 11 is 0. The van der Waals surface area contributed by atoms with E-state index in [1.165, 1.54) is 0 Å². The van der Waals surface area contributed by atoms with E-state index in [1.807, 2.05) is 32.0 Å². The first-order chi connectivity index (χ1) is 7.63. The Balaban J connectivity index is 2.48. The molecule has 4 heteroatoms. The number of anilines is 2. The molecule has 86 valence electrons. The van der Waals surface area contributed by atoms with E-state index in [-0.39, 0.29) is 18.6 Å². The number of carbonyl (C=O) groups is 1. The van der Waals surface area contributed by atoms with E-state index in [4.69, 9.17) is 5.11 Å². The molecule has 0 saturated heterocycles. The molecule has 1 aliphatic heterocycles. The van der Waals surface area contributed by atoms with Crippen LogP contribution in [-0.2, 0) is 11.4 Å². The molecule has 1 amide bonds. The Morgan fingerprint density at radius 2 is 2.25 bits per heavy atom. The van der Waals surface area contributed by atoms with Crippen molar-refractivity contribution in [3.8, 4) is 0 Å². The molecule has 1 aromatic carbocycles. The number of benzene rings is 1. The third-order valence-electron chi connectivity index (χ3n) is 2.72. The van der Waals surface area contributed by atoms with E-state index < -0.39 is 0 Å². The monoisotopic (exact) mass is 220 g/mol. The number of hydrogen-bond donors (Lipinski definition) is 2. The van der Waals surface area contributed by atoms with Gasteiger partial charge in [0.2, 0.25) is 5.91 Å². The summed E-state index contributed by atoms with van der Waals surface area (Å²) in [5, 5.41) is 12.2. The molecule has 0 aromatic heterocycles. The van der Waals surface area contributed by atoms with Crippen LogP contribution >= 0.6 is 0 Å². The quantitative estimate of drug-likeness (QED) is 0.791. The molecule has 1 aromatic rings. The predicted octanol–water partition coefficient (Wildman–Crippen LogP) is 1.35. The van der Waals surface area contributed by atoms with E-state index >= 15 is 0 Å². The first-order valence-corrected chi connectivity index (χ1v) is 5.43. The summed E-state index contributed by atoms with van der Waals surface area (Å²) in [4.78, 5) is 13.6. The van der Waals surface area contributed by atoms with Crippen LogP contribution in [0.1, 0.15) is 19.4 Å². The zero-order valence-electron chi connectivity index (χ0n) is 9.53. The van der Waals surface area contributed by atoms with Gasteiger partial charge >= 0.3 is 0 Å². The third kappa shape index (κ3) is 1.76. The summed E-state index contributed by atoms with van der Waals surface area (Å²) in [7, 11) is 0. The van der Waals surface area contributed by atoms with E-state index in [9.17, 15) is 4.79 Å². The lowest BCUT2D eigenvalue weighted by Crippen LogP contribution is -2.44. The van der Waals surface area contributed by atoms with Crippen LogP contribution in [0.25, 0.3) is 0 Å². The number of rotatable bonds is 2. The van der Waals surface area contributed by atoms with Gasteiger partial charge < -0.3 is 15.3 Å². The topological polar surface area (TPSA) is 52.6 Å². The Bertz CT molecular complexity index is 415. The van der Waals surface area contributed by atoms with Crippen LogP contribution in [0.5, 0.6) is 0 Å². The van der Waals surface area contributed by atoms with Gasteiger partial charge in [-0.2, -0.15) is 0 Å². The minimum Gasteiger partial charge on any atom is -0.392 e. The predicted molar refractivity (Wildman–Crippen MR) is 63.5 cm³/mol. The molecule has 1 aliphatic rings. The lowest BCUT2D eigenvalue weighted by atomic mass is 10.1. The van der Waals surface area contributed by atoms with Crippen molar-refractivity contribution in [3.63, 3.8) is 0 Å². The highest BCUT2D eigenvalue weighted by molar-refractivity contribution is 6.03. The first kappa shape index (κ1) is 11.0. The molecular weight excluding hydrogens is 204 g/mol. The molecule has 0 spiro atoms. The van der Waals surface area contributed by atoms with Crippen LogP contribution in [0.4, 0.5) is 11.4 Å². The number of amides is 1. The average molecular weight is 220 g/mol. The minimum atomic E-state index is -0.00654. The summed E-state index contributed by atoms with van der Waals surface area (Å²) in [5.41, 5.74) is 2.63. The van der Waals surface area contributed by atoms with Crippen molar-refractivity contribution >= 4 is 17.3 Å². The molecule has 0 radical (unpaired) electrons. The van der Waals surface area contributed by atoms with Crippen molar-refractivity contribution in [2.75, 3.05) is 16.8 Å². The zero-order valence-corrected chi connectivity index (χ0v) is 9.53. The largest absolute Gasteiger partial charge is 0.392 e. The second-order valence-corrected chi connectivity index (χ2v) is 4.22. The van der Waals surface area contributed by atoms with Gasteiger partial charge in [-0.05, 0) is 31.5 Å². The lowest BCUT2D eigenvalue weighted by Gasteiger charge is -2.33. The average Bonchev–Trinajstić information content (AvgIpc) is 2.27. The number of carbonyl (C=O) groups excluding carboxylic acids is 1. The Morgan fingerprint density at radius 3 is 2.88 bits per heavy atom. The van der Waals surface area contributed by atoms with E-state index in [0.717, 1.165) is 16.9 Å². The number of nitrogens with one attached hydrogen (secondary N) is 1. The second kappa shape index (κ2) is 4.14. The van der Waals surface area contributed by atoms with Gasteiger partial charge in [0.25, 0.3) is 0 Å². The second-order valence-electron chi connectivity index (χ2n) is 4.22. The standard InChI is InChI=1S/C12H16N2O2/c1-8(2)14-11-5-9(7-15)3-4-10(11)13-6-12(14)16/h3-5,8,13,15H,6-7H2,1-2H3. The van der Waals surface area contributed by atoms with Crippen LogP contribution < -0.4 is 10.2 Å². The van der Waals surface area contributed by atoms with E-state index in [1.54, 1.807) is 4.90 Å². The molecule has 1 heterocycles. The Kier molecular flexibility index (Phi) is 2.83. The fraction of sp³-hybridized carbons (Fsp3) is 0.417. The molecule has 0 unspecified atom stereocenters. The smallest absolute Gasteiger partial charge is 0.246 e. The van der Waals surface area contributed by atoms with E-state index in [2.05, 4.69) is 5.32 Å². The summed E-state index contributed by atoms with van der Waals surface area (Å²) < 4.78 is 0. The SMILES string of the molecule is CC(C)N1C(=O)CNc2ccc(CO)cc21. The molecule has 2 rings (SSSR count). The highest BCUT2D eigenvalue weighted by atomic mass is 16.3. The zero-order chi connectivity index (χ0) is 11.7. The third-order valence-corrected chi connectivity index (χ3v) is 2.72. The Labute approximate surface area is 94.9 Å². The molecule has 0 atom stereocenters. The minimum absolute atomic E-state index is 0.00654. The Hall–Kier alpha value is -1.55. The molecule has 16 heavy (non-hydrogen) atoms. The van der Waals surface area contributed by atoms with Crippen LogP contribution in [0.15, 0.2) is 18.2 Å². The lowest BCUT2D eigenvalue weighted by molar-refractivity contribution is -0.117. The maximum atomic E-state index is 11.8. The highest BCUT2D eigenvalue weighted by Gasteiger charge is 2.25. The fourth-order valence-corrected chi connectivity index (χ4v) is 1.98. The van der Waals surface area contributed by atoms with Crippen molar-refractivity contribution < 1.29 is 9.90 Å². The number of nitrogens with zero attached hydrogens (tertiary/aromatic N) is 1. The highest BCUT2D eigenvalue weighted by Crippen LogP contribution is 2.31. The molecule has 0 bridgehead atoms. The number of aliphatic hydroxyl groups is 1. The van der Waals surface area contributed by atoms with Crippen molar-refractivity contribution in [1.29, 1.82) is 0 Å². The van der Waals surface area contributed by atoms with E-state index in [0.29, 0.717) is 6.54 Å². The van der Waals surface area contributed by atoms with Crippen molar-refractivity contribution in [1.82, 2.24) is 0 Å². The molecule has 0 saturated carbocycles. The summed E-state index contributed by atoms with van der Waals surface area (Å²) in [6.07, 6.45) is 0. The molecule has 0 aliphatic carbocycles. The summed E-state index contributed by atoms with van der Waals surface area (Å²) in [5.74, 6) is 0.0672. The number of hydrogen-bond acceptors (Lipinski definition) is 3. The van der Waals surface area contributed by atoms with Crippen LogP contribution in [0.3, 0.4) is 0 Å². The maximum Gasteiger partial charge on any atom is 0.246 e. The number of aliphatic hydroxyl groups excluding tert-OH is 1. The molecule has 2 N–H and O–H groups in total. The normalized spacial score (nSPS) is 15.0. The van der Waals surface area contributed by atoms with Gasteiger partial charge in [0.05, 0.1) is 24.5 Å². The van der Waals surface area contributed by atoms with Crippen molar-refractivity contribution in [2.24, 2.45) is 0 Å². The van der Waals surface area contributed by atoms with Crippen LogP contribution in [0.2, 0.25) is 0 Å². The van der Waals surface area contributed by atoms with Gasteiger partial charge in [-0.25, -0.2) is 0 Å².